The maximum atomic E-state index is 12.5. The van der Waals surface area contributed by atoms with E-state index in [0.29, 0.717) is 11.3 Å². The Bertz CT molecular complexity index is 848. The molecule has 0 spiro atoms. The van der Waals surface area contributed by atoms with Crippen molar-refractivity contribution >= 4 is 5.97 Å². The smallest absolute Gasteiger partial charge is 0.343 e. The van der Waals surface area contributed by atoms with E-state index in [1.165, 1.54) is 89.0 Å². The first-order valence-electron chi connectivity index (χ1n) is 14.7. The van der Waals surface area contributed by atoms with Crippen LogP contribution in [0.2, 0.25) is 0 Å². The number of aryl methyl sites for hydroxylation is 1. The van der Waals surface area contributed by atoms with Crippen LogP contribution in [0.5, 0.6) is 11.5 Å². The number of hydrogen-bond acceptors (Lipinski definition) is 3. The summed E-state index contributed by atoms with van der Waals surface area (Å²) in [6, 6.07) is 15.3. The van der Waals surface area contributed by atoms with Gasteiger partial charge in [0.2, 0.25) is 0 Å². The van der Waals surface area contributed by atoms with Crippen molar-refractivity contribution in [3.63, 3.8) is 0 Å². The van der Waals surface area contributed by atoms with Gasteiger partial charge in [0.1, 0.15) is 11.5 Å². The number of ether oxygens (including phenoxy) is 2. The second-order valence-corrected chi connectivity index (χ2v) is 10.7. The zero-order valence-electron chi connectivity index (χ0n) is 22.8. The van der Waals surface area contributed by atoms with Crippen molar-refractivity contribution in [3.8, 4) is 11.5 Å². The molecule has 198 valence electrons. The Kier molecular flexibility index (Phi) is 12.9. The van der Waals surface area contributed by atoms with Gasteiger partial charge in [-0.15, -0.1) is 0 Å². The molecule has 3 heteroatoms. The zero-order valence-corrected chi connectivity index (χ0v) is 22.8. The van der Waals surface area contributed by atoms with E-state index in [2.05, 4.69) is 26.0 Å². The molecule has 1 fully saturated rings. The Morgan fingerprint density at radius 2 is 1.28 bits per heavy atom. The van der Waals surface area contributed by atoms with Crippen LogP contribution in [0.4, 0.5) is 0 Å². The van der Waals surface area contributed by atoms with E-state index in [4.69, 9.17) is 9.47 Å². The largest absolute Gasteiger partial charge is 0.494 e. The molecule has 0 unspecified atom stereocenters. The highest BCUT2D eigenvalue weighted by molar-refractivity contribution is 5.91. The first-order valence-corrected chi connectivity index (χ1v) is 14.7. The van der Waals surface area contributed by atoms with Crippen molar-refractivity contribution in [2.45, 2.75) is 110 Å². The fraction of sp³-hybridized carbons (Fsp3) is 0.606. The van der Waals surface area contributed by atoms with Crippen LogP contribution in [0.1, 0.15) is 120 Å². The monoisotopic (exact) mass is 492 g/mol. The minimum Gasteiger partial charge on any atom is -0.494 e. The lowest BCUT2D eigenvalue weighted by Gasteiger charge is -2.28. The zero-order chi connectivity index (χ0) is 25.4. The molecule has 0 aliphatic heterocycles. The topological polar surface area (TPSA) is 35.5 Å². The quantitative estimate of drug-likeness (QED) is 0.133. The van der Waals surface area contributed by atoms with Gasteiger partial charge >= 0.3 is 5.97 Å². The van der Waals surface area contributed by atoms with Crippen molar-refractivity contribution in [1.82, 2.24) is 0 Å². The van der Waals surface area contributed by atoms with Crippen molar-refractivity contribution in [2.24, 2.45) is 11.8 Å². The standard InChI is InChI=1S/C33H48O3/c1-3-5-7-8-10-26-35-31-24-20-30(21-25-31)33(34)36-32-22-18-29(19-23-32)17-16-28-14-12-27(13-15-28)11-9-6-4-2/h18-25,27-28H,3-17,26H2,1-2H3. The summed E-state index contributed by atoms with van der Waals surface area (Å²) in [6.45, 7) is 5.24. The Hall–Kier alpha value is -2.29. The minimum absolute atomic E-state index is 0.329. The maximum absolute atomic E-state index is 12.5. The molecule has 0 atom stereocenters. The van der Waals surface area contributed by atoms with E-state index in [1.807, 2.05) is 24.3 Å². The first-order chi connectivity index (χ1) is 17.7. The van der Waals surface area contributed by atoms with Crippen LogP contribution in [-0.2, 0) is 6.42 Å². The number of carbonyl (C=O) groups is 1. The first kappa shape index (κ1) is 28.3. The van der Waals surface area contributed by atoms with Gasteiger partial charge < -0.3 is 9.47 Å². The maximum Gasteiger partial charge on any atom is 0.343 e. The van der Waals surface area contributed by atoms with Crippen molar-refractivity contribution in [1.29, 1.82) is 0 Å². The van der Waals surface area contributed by atoms with E-state index in [1.54, 1.807) is 12.1 Å². The average Bonchev–Trinajstić information content (AvgIpc) is 2.91. The molecule has 0 heterocycles. The van der Waals surface area contributed by atoms with Crippen LogP contribution < -0.4 is 9.47 Å². The van der Waals surface area contributed by atoms with Crippen LogP contribution in [0, 0.1) is 11.8 Å². The molecule has 1 aliphatic rings. The second-order valence-electron chi connectivity index (χ2n) is 10.7. The fourth-order valence-corrected chi connectivity index (χ4v) is 5.34. The highest BCUT2D eigenvalue weighted by atomic mass is 16.5. The molecule has 0 aromatic heterocycles. The Morgan fingerprint density at radius 1 is 0.694 bits per heavy atom. The average molecular weight is 493 g/mol. The SMILES string of the molecule is CCCCCCCOc1ccc(C(=O)Oc2ccc(CCC3CCC(CCCCC)CC3)cc2)cc1. The predicted octanol–water partition coefficient (Wildman–Crippen LogP) is 9.57. The molecule has 2 aromatic carbocycles. The lowest BCUT2D eigenvalue weighted by Crippen LogP contribution is -2.15. The number of benzene rings is 2. The molecule has 0 bridgehead atoms. The van der Waals surface area contributed by atoms with E-state index >= 15 is 0 Å². The summed E-state index contributed by atoms with van der Waals surface area (Å²) in [5.74, 6) is 2.92. The molecule has 0 radical (unpaired) electrons. The van der Waals surface area contributed by atoms with Crippen LogP contribution in [0.25, 0.3) is 0 Å². The fourth-order valence-electron chi connectivity index (χ4n) is 5.34. The number of hydrogen-bond donors (Lipinski definition) is 0. The highest BCUT2D eigenvalue weighted by Crippen LogP contribution is 2.34. The van der Waals surface area contributed by atoms with Crippen molar-refractivity contribution < 1.29 is 14.3 Å². The second kappa shape index (κ2) is 16.5. The van der Waals surface area contributed by atoms with Crippen LogP contribution in [-0.4, -0.2) is 12.6 Å². The summed E-state index contributed by atoms with van der Waals surface area (Å²) in [7, 11) is 0. The molecule has 0 amide bonds. The summed E-state index contributed by atoms with van der Waals surface area (Å²) in [6.07, 6.45) is 19.7. The van der Waals surface area contributed by atoms with Gasteiger partial charge in [-0.25, -0.2) is 4.79 Å². The summed E-state index contributed by atoms with van der Waals surface area (Å²) in [5.41, 5.74) is 1.87. The van der Waals surface area contributed by atoms with Crippen LogP contribution in [0.15, 0.2) is 48.5 Å². The molecule has 1 saturated carbocycles. The van der Waals surface area contributed by atoms with Crippen LogP contribution >= 0.6 is 0 Å². The van der Waals surface area contributed by atoms with E-state index in [9.17, 15) is 4.79 Å². The van der Waals surface area contributed by atoms with Gasteiger partial charge in [0.25, 0.3) is 0 Å². The molecule has 0 saturated heterocycles. The van der Waals surface area contributed by atoms with Crippen LogP contribution in [0.3, 0.4) is 0 Å². The van der Waals surface area contributed by atoms with E-state index < -0.39 is 0 Å². The van der Waals surface area contributed by atoms with Gasteiger partial charge in [-0.05, 0) is 73.1 Å². The minimum atomic E-state index is -0.329. The van der Waals surface area contributed by atoms with Crippen molar-refractivity contribution in [3.05, 3.63) is 59.7 Å². The third kappa shape index (κ3) is 10.4. The predicted molar refractivity (Wildman–Crippen MR) is 150 cm³/mol. The number of esters is 1. The summed E-state index contributed by atoms with van der Waals surface area (Å²) >= 11 is 0. The van der Waals surface area contributed by atoms with Gasteiger partial charge in [0.05, 0.1) is 12.2 Å². The van der Waals surface area contributed by atoms with E-state index in [-0.39, 0.29) is 5.97 Å². The lowest BCUT2D eigenvalue weighted by molar-refractivity contribution is 0.0734. The third-order valence-corrected chi connectivity index (χ3v) is 7.76. The normalized spacial score (nSPS) is 17.6. The number of rotatable bonds is 16. The van der Waals surface area contributed by atoms with Crippen molar-refractivity contribution in [2.75, 3.05) is 6.61 Å². The Balaban J connectivity index is 1.34. The van der Waals surface area contributed by atoms with Gasteiger partial charge in [0, 0.05) is 0 Å². The third-order valence-electron chi connectivity index (χ3n) is 7.76. The summed E-state index contributed by atoms with van der Waals surface area (Å²) in [4.78, 5) is 12.5. The van der Waals surface area contributed by atoms with Gasteiger partial charge in [-0.3, -0.25) is 0 Å². The van der Waals surface area contributed by atoms with Gasteiger partial charge in [-0.2, -0.15) is 0 Å². The molecule has 3 nitrogen and oxygen atoms in total. The summed E-state index contributed by atoms with van der Waals surface area (Å²) < 4.78 is 11.4. The van der Waals surface area contributed by atoms with E-state index in [0.717, 1.165) is 37.0 Å². The number of unbranched alkanes of at least 4 members (excludes halogenated alkanes) is 6. The molecule has 3 rings (SSSR count). The molecular formula is C33H48O3. The van der Waals surface area contributed by atoms with Gasteiger partial charge in [-0.1, -0.05) is 103 Å². The summed E-state index contributed by atoms with van der Waals surface area (Å²) in [5, 5.41) is 0. The number of carbonyl (C=O) groups excluding carboxylic acids is 1. The molecule has 2 aromatic rings. The Morgan fingerprint density at radius 3 is 1.94 bits per heavy atom. The van der Waals surface area contributed by atoms with Gasteiger partial charge in [0.15, 0.2) is 0 Å². The highest BCUT2D eigenvalue weighted by Gasteiger charge is 2.20. The molecular weight excluding hydrogens is 444 g/mol. The molecule has 0 N–H and O–H groups in total. The lowest BCUT2D eigenvalue weighted by atomic mass is 9.78. The molecule has 36 heavy (non-hydrogen) atoms. The Labute approximate surface area is 220 Å². The molecule has 1 aliphatic carbocycles.